The molecule has 2 N–H and O–H groups in total. The monoisotopic (exact) mass is 346 g/mol. The maximum Gasteiger partial charge on any atom is 0.233 e. The molecular formula is C20H30N2O3. The summed E-state index contributed by atoms with van der Waals surface area (Å²) in [5.41, 5.74) is 3.01. The van der Waals surface area contributed by atoms with Gasteiger partial charge in [0.15, 0.2) is 0 Å². The molecular weight excluding hydrogens is 316 g/mol. The number of aliphatic hydroxyl groups is 1. The van der Waals surface area contributed by atoms with Crippen LogP contribution in [0.2, 0.25) is 0 Å². The van der Waals surface area contributed by atoms with Crippen molar-refractivity contribution in [2.75, 3.05) is 18.5 Å². The first-order chi connectivity index (χ1) is 11.8. The number of carbonyl (C=O) groups excluding carboxylic acids is 2. The van der Waals surface area contributed by atoms with Crippen molar-refractivity contribution in [1.29, 1.82) is 0 Å². The number of hydrogen-bond donors (Lipinski definition) is 2. The van der Waals surface area contributed by atoms with E-state index < -0.39 is 0 Å². The molecule has 1 aromatic rings. The SMILES string of the molecule is CC(C)c1cccc(C(C)C)c1NC(=O)CC(=O)N1CCC[C@H]1CO. The zero-order chi connectivity index (χ0) is 18.6. The first kappa shape index (κ1) is 19.4. The topological polar surface area (TPSA) is 69.6 Å². The van der Waals surface area contributed by atoms with E-state index in [1.807, 2.05) is 18.2 Å². The average molecular weight is 346 g/mol. The fourth-order valence-electron chi connectivity index (χ4n) is 3.47. The molecule has 1 aliphatic rings. The highest BCUT2D eigenvalue weighted by Crippen LogP contribution is 2.32. The molecule has 5 heteroatoms. The minimum atomic E-state index is -0.288. The summed E-state index contributed by atoms with van der Waals surface area (Å²) < 4.78 is 0. The van der Waals surface area contributed by atoms with E-state index in [9.17, 15) is 14.7 Å². The van der Waals surface area contributed by atoms with E-state index in [0.29, 0.717) is 6.54 Å². The standard InChI is InChI=1S/C20H30N2O3/c1-13(2)16-8-5-9-17(14(3)4)20(16)21-18(24)11-19(25)22-10-6-7-15(22)12-23/h5,8-9,13-15,23H,6-7,10-12H2,1-4H3,(H,21,24)/t15-/m0/s1. The van der Waals surface area contributed by atoms with Crippen LogP contribution in [0.5, 0.6) is 0 Å². The number of nitrogens with zero attached hydrogens (tertiary/aromatic N) is 1. The molecule has 0 aromatic heterocycles. The number of benzene rings is 1. The second-order valence-electron chi connectivity index (χ2n) is 7.41. The molecule has 0 unspecified atom stereocenters. The number of anilines is 1. The van der Waals surface area contributed by atoms with E-state index in [0.717, 1.165) is 29.7 Å². The van der Waals surface area contributed by atoms with Gasteiger partial charge in [0.2, 0.25) is 11.8 Å². The predicted octanol–water partition coefficient (Wildman–Crippen LogP) is 3.25. The van der Waals surface area contributed by atoms with E-state index in [-0.39, 0.29) is 42.7 Å². The highest BCUT2D eigenvalue weighted by Gasteiger charge is 2.29. The Labute approximate surface area is 150 Å². The third-order valence-corrected chi connectivity index (χ3v) is 4.86. The van der Waals surface area contributed by atoms with Gasteiger partial charge in [-0.3, -0.25) is 9.59 Å². The van der Waals surface area contributed by atoms with Gasteiger partial charge < -0.3 is 15.3 Å². The Kier molecular flexibility index (Phi) is 6.59. The van der Waals surface area contributed by atoms with Gasteiger partial charge in [0.25, 0.3) is 0 Å². The van der Waals surface area contributed by atoms with E-state index in [1.165, 1.54) is 0 Å². The molecule has 138 valence electrons. The van der Waals surface area contributed by atoms with Gasteiger partial charge in [0.05, 0.1) is 12.6 Å². The Hall–Kier alpha value is -1.88. The average Bonchev–Trinajstić information content (AvgIpc) is 3.03. The predicted molar refractivity (Wildman–Crippen MR) is 99.7 cm³/mol. The molecule has 2 rings (SSSR count). The maximum absolute atomic E-state index is 12.5. The number of rotatable bonds is 6. The summed E-state index contributed by atoms with van der Waals surface area (Å²) in [6.45, 7) is 8.96. The van der Waals surface area contributed by atoms with Gasteiger partial charge >= 0.3 is 0 Å². The van der Waals surface area contributed by atoms with Gasteiger partial charge in [-0.1, -0.05) is 45.9 Å². The zero-order valence-electron chi connectivity index (χ0n) is 15.7. The number of amides is 2. The third kappa shape index (κ3) is 4.60. The van der Waals surface area contributed by atoms with Crippen LogP contribution in [0.25, 0.3) is 0 Å². The van der Waals surface area contributed by atoms with E-state index >= 15 is 0 Å². The Balaban J connectivity index is 2.13. The molecule has 25 heavy (non-hydrogen) atoms. The van der Waals surface area contributed by atoms with E-state index in [4.69, 9.17) is 0 Å². The molecule has 1 fully saturated rings. The van der Waals surface area contributed by atoms with Crippen molar-refractivity contribution in [3.05, 3.63) is 29.3 Å². The van der Waals surface area contributed by atoms with Gasteiger partial charge in [0.1, 0.15) is 6.42 Å². The fraction of sp³-hybridized carbons (Fsp3) is 0.600. The fourth-order valence-corrected chi connectivity index (χ4v) is 3.47. The summed E-state index contributed by atoms with van der Waals surface area (Å²) in [4.78, 5) is 26.5. The smallest absolute Gasteiger partial charge is 0.233 e. The lowest BCUT2D eigenvalue weighted by molar-refractivity contribution is -0.135. The van der Waals surface area contributed by atoms with Gasteiger partial charge in [-0.05, 0) is 35.8 Å². The van der Waals surface area contributed by atoms with Crippen molar-refractivity contribution in [2.24, 2.45) is 0 Å². The first-order valence-corrected chi connectivity index (χ1v) is 9.18. The number of aliphatic hydroxyl groups excluding tert-OH is 1. The highest BCUT2D eigenvalue weighted by molar-refractivity contribution is 6.04. The summed E-state index contributed by atoms with van der Waals surface area (Å²) >= 11 is 0. The summed E-state index contributed by atoms with van der Waals surface area (Å²) in [6, 6.07) is 5.92. The molecule has 0 radical (unpaired) electrons. The van der Waals surface area contributed by atoms with Crippen molar-refractivity contribution in [2.45, 2.75) is 64.8 Å². The molecule has 0 bridgehead atoms. The van der Waals surface area contributed by atoms with Crippen LogP contribution in [0.15, 0.2) is 18.2 Å². The number of para-hydroxylation sites is 1. The Morgan fingerprint density at radius 1 is 1.20 bits per heavy atom. The van der Waals surface area contributed by atoms with E-state index in [1.54, 1.807) is 4.90 Å². The molecule has 0 saturated carbocycles. The van der Waals surface area contributed by atoms with Crippen molar-refractivity contribution in [1.82, 2.24) is 4.90 Å². The minimum Gasteiger partial charge on any atom is -0.394 e. The maximum atomic E-state index is 12.5. The van der Waals surface area contributed by atoms with Crippen LogP contribution in [-0.4, -0.2) is 41.0 Å². The Bertz CT molecular complexity index is 599. The second kappa shape index (κ2) is 8.48. The second-order valence-corrected chi connectivity index (χ2v) is 7.41. The van der Waals surface area contributed by atoms with Crippen molar-refractivity contribution in [3.63, 3.8) is 0 Å². The quantitative estimate of drug-likeness (QED) is 0.777. The zero-order valence-corrected chi connectivity index (χ0v) is 15.7. The van der Waals surface area contributed by atoms with Crippen LogP contribution in [0.3, 0.4) is 0 Å². The van der Waals surface area contributed by atoms with Gasteiger partial charge in [-0.15, -0.1) is 0 Å². The van der Waals surface area contributed by atoms with Crippen LogP contribution in [-0.2, 0) is 9.59 Å². The van der Waals surface area contributed by atoms with Crippen LogP contribution in [0.1, 0.15) is 69.9 Å². The summed E-state index contributed by atoms with van der Waals surface area (Å²) in [5, 5.41) is 12.3. The highest BCUT2D eigenvalue weighted by atomic mass is 16.3. The number of nitrogens with one attached hydrogen (secondary N) is 1. The molecule has 1 aliphatic heterocycles. The largest absolute Gasteiger partial charge is 0.394 e. The Morgan fingerprint density at radius 2 is 1.80 bits per heavy atom. The molecule has 0 aliphatic carbocycles. The molecule has 1 atom stereocenters. The third-order valence-electron chi connectivity index (χ3n) is 4.86. The first-order valence-electron chi connectivity index (χ1n) is 9.18. The van der Waals surface area contributed by atoms with Crippen molar-refractivity contribution in [3.8, 4) is 0 Å². The molecule has 2 amide bonds. The van der Waals surface area contributed by atoms with Crippen LogP contribution in [0.4, 0.5) is 5.69 Å². The number of hydrogen-bond acceptors (Lipinski definition) is 3. The minimum absolute atomic E-state index is 0.0406. The summed E-state index contributed by atoms with van der Waals surface area (Å²) in [6.07, 6.45) is 1.50. The van der Waals surface area contributed by atoms with Crippen LogP contribution < -0.4 is 5.32 Å². The molecule has 1 aromatic carbocycles. The number of carbonyl (C=O) groups is 2. The van der Waals surface area contributed by atoms with Gasteiger partial charge in [-0.25, -0.2) is 0 Å². The van der Waals surface area contributed by atoms with Crippen molar-refractivity contribution < 1.29 is 14.7 Å². The lowest BCUT2D eigenvalue weighted by Gasteiger charge is -2.24. The summed E-state index contributed by atoms with van der Waals surface area (Å²) in [7, 11) is 0. The van der Waals surface area contributed by atoms with Crippen molar-refractivity contribution >= 4 is 17.5 Å². The molecule has 5 nitrogen and oxygen atoms in total. The lowest BCUT2D eigenvalue weighted by Crippen LogP contribution is -2.39. The van der Waals surface area contributed by atoms with E-state index in [2.05, 4.69) is 33.0 Å². The molecule has 1 saturated heterocycles. The summed E-state index contributed by atoms with van der Waals surface area (Å²) in [5.74, 6) is 0.0647. The normalized spacial score (nSPS) is 17.4. The van der Waals surface area contributed by atoms with Crippen LogP contribution in [0, 0.1) is 0 Å². The van der Waals surface area contributed by atoms with Crippen LogP contribution >= 0.6 is 0 Å². The lowest BCUT2D eigenvalue weighted by atomic mass is 9.92. The van der Waals surface area contributed by atoms with Gasteiger partial charge in [-0.2, -0.15) is 0 Å². The van der Waals surface area contributed by atoms with Gasteiger partial charge in [0, 0.05) is 12.2 Å². The molecule has 1 heterocycles. The number of likely N-dealkylation sites (tertiary alicyclic amines) is 1. The molecule has 0 spiro atoms. The Morgan fingerprint density at radius 3 is 2.32 bits per heavy atom.